The van der Waals surface area contributed by atoms with Crippen LogP contribution in [0.2, 0.25) is 5.02 Å². The molecular weight excluding hydrogens is 472 g/mol. The zero-order valence-corrected chi connectivity index (χ0v) is 20.7. The molecular formula is C30H27ClN2O3. The highest BCUT2D eigenvalue weighted by molar-refractivity contribution is 6.30. The largest absolute Gasteiger partial charge is 0.497 e. The lowest BCUT2D eigenvalue weighted by Gasteiger charge is -2.17. The average Bonchev–Trinajstić information content (AvgIpc) is 3.55. The Balaban J connectivity index is 1.50. The van der Waals surface area contributed by atoms with Crippen LogP contribution in [-0.2, 0) is 17.9 Å². The summed E-state index contributed by atoms with van der Waals surface area (Å²) in [5.41, 5.74) is 4.38. The minimum absolute atomic E-state index is 0.0524. The van der Waals surface area contributed by atoms with Gasteiger partial charge in [-0.3, -0.25) is 4.79 Å². The Hall–Kier alpha value is -3.96. The van der Waals surface area contributed by atoms with E-state index >= 15 is 0 Å². The topological polar surface area (TPSA) is 56.4 Å². The maximum atomic E-state index is 13.1. The number of halogens is 1. The zero-order chi connectivity index (χ0) is 24.9. The van der Waals surface area contributed by atoms with E-state index < -0.39 is 0 Å². The molecule has 1 unspecified atom stereocenters. The molecule has 1 amide bonds. The first-order valence-corrected chi connectivity index (χ1v) is 12.2. The fourth-order valence-corrected chi connectivity index (χ4v) is 4.80. The van der Waals surface area contributed by atoms with Gasteiger partial charge in [0.05, 0.1) is 19.9 Å². The third-order valence-electron chi connectivity index (χ3n) is 6.39. The van der Waals surface area contributed by atoms with E-state index in [4.69, 9.17) is 20.8 Å². The second-order valence-electron chi connectivity index (χ2n) is 8.75. The highest BCUT2D eigenvalue weighted by Crippen LogP contribution is 2.36. The summed E-state index contributed by atoms with van der Waals surface area (Å²) in [4.78, 5) is 13.1. The number of nitrogens with zero attached hydrogens (tertiary/aromatic N) is 1. The first kappa shape index (κ1) is 23.8. The maximum Gasteiger partial charge on any atom is 0.221 e. The van der Waals surface area contributed by atoms with E-state index in [2.05, 4.69) is 40.3 Å². The van der Waals surface area contributed by atoms with Crippen molar-refractivity contribution in [2.24, 2.45) is 0 Å². The van der Waals surface area contributed by atoms with Gasteiger partial charge in [-0.25, -0.2) is 0 Å². The Morgan fingerprint density at radius 1 is 1.03 bits per heavy atom. The third-order valence-corrected chi connectivity index (χ3v) is 6.62. The molecule has 3 aromatic carbocycles. The van der Waals surface area contributed by atoms with Crippen LogP contribution in [0.15, 0.2) is 102 Å². The summed E-state index contributed by atoms with van der Waals surface area (Å²) in [6, 6.07) is 27.8. The van der Waals surface area contributed by atoms with Crippen molar-refractivity contribution in [2.75, 3.05) is 7.11 Å². The van der Waals surface area contributed by atoms with Crippen molar-refractivity contribution in [3.8, 4) is 5.75 Å². The molecule has 0 saturated carbocycles. The molecule has 0 radical (unpaired) electrons. The van der Waals surface area contributed by atoms with E-state index in [1.807, 2.05) is 60.7 Å². The monoisotopic (exact) mass is 498 g/mol. The highest BCUT2D eigenvalue weighted by Gasteiger charge is 2.23. The molecule has 0 aliphatic rings. The molecule has 0 aliphatic carbocycles. The van der Waals surface area contributed by atoms with Gasteiger partial charge in [0.1, 0.15) is 11.5 Å². The zero-order valence-electron chi connectivity index (χ0n) is 20.0. The molecule has 0 saturated heterocycles. The number of ether oxygens (including phenoxy) is 1. The maximum absolute atomic E-state index is 13.1. The van der Waals surface area contributed by atoms with Crippen LogP contribution < -0.4 is 10.1 Å². The first-order chi connectivity index (χ1) is 17.6. The van der Waals surface area contributed by atoms with E-state index in [0.29, 0.717) is 18.1 Å². The number of methoxy groups -OCH3 is 1. The fourth-order valence-electron chi connectivity index (χ4n) is 4.60. The standard InChI is InChI=1S/C30H27ClN2O3/c1-35-24-13-11-21(12-14-24)19-33-20-28(26-9-2-3-10-29(26)33)27(22-6-4-7-23(31)16-22)17-30(34)32-18-25-8-5-15-36-25/h2-16,20,27H,17-19H2,1H3,(H,32,34). The molecule has 5 aromatic rings. The summed E-state index contributed by atoms with van der Waals surface area (Å²) in [6.07, 6.45) is 4.06. The smallest absolute Gasteiger partial charge is 0.221 e. The lowest BCUT2D eigenvalue weighted by atomic mass is 9.88. The molecule has 0 spiro atoms. The van der Waals surface area contributed by atoms with Gasteiger partial charge in [-0.05, 0) is 59.2 Å². The van der Waals surface area contributed by atoms with Gasteiger partial charge in [-0.1, -0.05) is 54.1 Å². The molecule has 5 rings (SSSR count). The van der Waals surface area contributed by atoms with Crippen LogP contribution in [0.25, 0.3) is 10.9 Å². The number of para-hydroxylation sites is 1. The van der Waals surface area contributed by atoms with Gasteiger partial charge in [0.2, 0.25) is 5.91 Å². The Labute approximate surface area is 215 Å². The Morgan fingerprint density at radius 2 is 1.86 bits per heavy atom. The second kappa shape index (κ2) is 10.8. The predicted molar refractivity (Wildman–Crippen MR) is 143 cm³/mol. The minimum Gasteiger partial charge on any atom is -0.497 e. The van der Waals surface area contributed by atoms with E-state index in [-0.39, 0.29) is 18.2 Å². The van der Waals surface area contributed by atoms with Crippen molar-refractivity contribution in [1.82, 2.24) is 9.88 Å². The molecule has 36 heavy (non-hydrogen) atoms. The van der Waals surface area contributed by atoms with Gasteiger partial charge in [0.25, 0.3) is 0 Å². The number of benzene rings is 3. The second-order valence-corrected chi connectivity index (χ2v) is 9.18. The molecule has 1 N–H and O–H groups in total. The molecule has 0 bridgehead atoms. The summed E-state index contributed by atoms with van der Waals surface area (Å²) in [7, 11) is 1.67. The van der Waals surface area contributed by atoms with E-state index in [1.54, 1.807) is 13.4 Å². The number of rotatable bonds is 9. The van der Waals surface area contributed by atoms with Crippen molar-refractivity contribution < 1.29 is 13.9 Å². The normalized spacial score (nSPS) is 11.9. The van der Waals surface area contributed by atoms with Crippen LogP contribution >= 0.6 is 11.6 Å². The number of carbonyl (C=O) groups excluding carboxylic acids is 1. The van der Waals surface area contributed by atoms with Crippen molar-refractivity contribution in [1.29, 1.82) is 0 Å². The average molecular weight is 499 g/mol. The van der Waals surface area contributed by atoms with Crippen molar-refractivity contribution in [3.63, 3.8) is 0 Å². The van der Waals surface area contributed by atoms with Crippen molar-refractivity contribution in [2.45, 2.75) is 25.4 Å². The summed E-state index contributed by atoms with van der Waals surface area (Å²) in [5.74, 6) is 1.34. The molecule has 2 aromatic heterocycles. The number of carbonyl (C=O) groups is 1. The number of amides is 1. The van der Waals surface area contributed by atoms with E-state index in [9.17, 15) is 4.79 Å². The van der Waals surface area contributed by atoms with Crippen molar-refractivity contribution in [3.05, 3.63) is 125 Å². The van der Waals surface area contributed by atoms with Gasteiger partial charge in [-0.15, -0.1) is 0 Å². The van der Waals surface area contributed by atoms with Crippen LogP contribution in [0.1, 0.15) is 34.8 Å². The lowest BCUT2D eigenvalue weighted by molar-refractivity contribution is -0.121. The number of fused-ring (bicyclic) bond motifs is 1. The Morgan fingerprint density at radius 3 is 2.61 bits per heavy atom. The van der Waals surface area contributed by atoms with Crippen LogP contribution in [-0.4, -0.2) is 17.6 Å². The minimum atomic E-state index is -0.165. The summed E-state index contributed by atoms with van der Waals surface area (Å²) < 4.78 is 12.9. The molecule has 6 heteroatoms. The summed E-state index contributed by atoms with van der Waals surface area (Å²) >= 11 is 6.37. The van der Waals surface area contributed by atoms with Crippen LogP contribution in [0.3, 0.4) is 0 Å². The summed E-state index contributed by atoms with van der Waals surface area (Å²) in [5, 5.41) is 4.76. The van der Waals surface area contributed by atoms with Gasteiger partial charge in [0.15, 0.2) is 0 Å². The molecule has 1 atom stereocenters. The highest BCUT2D eigenvalue weighted by atomic mass is 35.5. The number of hydrogen-bond acceptors (Lipinski definition) is 3. The van der Waals surface area contributed by atoms with Crippen LogP contribution in [0.4, 0.5) is 0 Å². The Kier molecular flexibility index (Phi) is 7.10. The summed E-state index contributed by atoms with van der Waals surface area (Å²) in [6.45, 7) is 1.06. The lowest BCUT2D eigenvalue weighted by Crippen LogP contribution is -2.24. The molecule has 0 fully saturated rings. The predicted octanol–water partition coefficient (Wildman–Crippen LogP) is 6.78. The molecule has 0 aliphatic heterocycles. The quantitative estimate of drug-likeness (QED) is 0.243. The van der Waals surface area contributed by atoms with E-state index in [0.717, 1.165) is 33.5 Å². The van der Waals surface area contributed by atoms with Gasteiger partial charge in [0, 0.05) is 41.0 Å². The number of furan rings is 1. The Bertz CT molecular complexity index is 1460. The van der Waals surface area contributed by atoms with Gasteiger partial charge >= 0.3 is 0 Å². The van der Waals surface area contributed by atoms with Crippen LogP contribution in [0.5, 0.6) is 5.75 Å². The molecule has 5 nitrogen and oxygen atoms in total. The fraction of sp³-hybridized carbons (Fsp3) is 0.167. The van der Waals surface area contributed by atoms with Gasteiger partial charge in [-0.2, -0.15) is 0 Å². The number of nitrogens with one attached hydrogen (secondary N) is 1. The van der Waals surface area contributed by atoms with Gasteiger partial charge < -0.3 is 19.0 Å². The third kappa shape index (κ3) is 5.31. The molecule has 182 valence electrons. The SMILES string of the molecule is COc1ccc(Cn2cc(C(CC(=O)NCc3ccco3)c3cccc(Cl)c3)c3ccccc32)cc1. The van der Waals surface area contributed by atoms with Crippen LogP contribution in [0, 0.1) is 0 Å². The number of hydrogen-bond donors (Lipinski definition) is 1. The van der Waals surface area contributed by atoms with Crippen molar-refractivity contribution >= 4 is 28.4 Å². The number of aromatic nitrogens is 1. The van der Waals surface area contributed by atoms with E-state index in [1.165, 1.54) is 5.56 Å². The molecule has 2 heterocycles. The first-order valence-electron chi connectivity index (χ1n) is 11.9.